The summed E-state index contributed by atoms with van der Waals surface area (Å²) in [5, 5.41) is 18.4. The lowest BCUT2D eigenvalue weighted by molar-refractivity contribution is 0.0397. The Kier molecular flexibility index (Phi) is 5.49. The number of methoxy groups -OCH3 is 1. The molecule has 0 bridgehead atoms. The van der Waals surface area contributed by atoms with Crippen LogP contribution in [0.3, 0.4) is 0 Å². The summed E-state index contributed by atoms with van der Waals surface area (Å²) in [4.78, 5) is 13.7. The number of phenols is 1. The molecule has 1 fully saturated rings. The normalized spacial score (nSPS) is 16.3. The maximum Gasteiger partial charge on any atom is 0.337 e. The van der Waals surface area contributed by atoms with E-state index in [0.717, 1.165) is 11.3 Å². The zero-order valence-corrected chi connectivity index (χ0v) is 16.5. The van der Waals surface area contributed by atoms with E-state index in [4.69, 9.17) is 15.2 Å². The molecular formula is C22H22N4O4. The lowest BCUT2D eigenvalue weighted by Crippen LogP contribution is -2.39. The molecule has 0 unspecified atom stereocenters. The van der Waals surface area contributed by atoms with Crippen LogP contribution < -0.4 is 10.6 Å². The van der Waals surface area contributed by atoms with Crippen molar-refractivity contribution in [2.45, 2.75) is 6.10 Å². The van der Waals surface area contributed by atoms with Gasteiger partial charge in [-0.3, -0.25) is 0 Å². The van der Waals surface area contributed by atoms with Gasteiger partial charge in [0.05, 0.1) is 30.7 Å². The van der Waals surface area contributed by atoms with E-state index in [-0.39, 0.29) is 17.8 Å². The number of nitrogens with two attached hydrogens (primary N) is 1. The van der Waals surface area contributed by atoms with Crippen molar-refractivity contribution in [3.8, 4) is 17.0 Å². The second-order valence-electron chi connectivity index (χ2n) is 6.94. The molecule has 2 heterocycles. The average Bonchev–Trinajstić information content (AvgIpc) is 2.79. The largest absolute Gasteiger partial charge is 0.507 e. The Morgan fingerprint density at radius 1 is 1.20 bits per heavy atom. The number of aromatic hydroxyl groups is 1. The molecule has 8 nitrogen and oxygen atoms in total. The monoisotopic (exact) mass is 406 g/mol. The van der Waals surface area contributed by atoms with Crippen LogP contribution in [0.2, 0.25) is 0 Å². The van der Waals surface area contributed by atoms with Crippen LogP contribution in [0.4, 0.5) is 11.5 Å². The fourth-order valence-corrected chi connectivity index (χ4v) is 3.49. The zero-order chi connectivity index (χ0) is 21.1. The number of carbonyl (C=O) groups is 1. The summed E-state index contributed by atoms with van der Waals surface area (Å²) in [7, 11) is 1.36. The number of hydrogen-bond acceptors (Lipinski definition) is 8. The molecule has 1 aliphatic heterocycles. The van der Waals surface area contributed by atoms with Gasteiger partial charge in [0.2, 0.25) is 0 Å². The first-order valence-corrected chi connectivity index (χ1v) is 9.53. The zero-order valence-electron chi connectivity index (χ0n) is 16.5. The Labute approximate surface area is 173 Å². The van der Waals surface area contributed by atoms with Crippen LogP contribution in [0.15, 0.2) is 54.6 Å². The van der Waals surface area contributed by atoms with E-state index in [9.17, 15) is 9.90 Å². The van der Waals surface area contributed by atoms with Gasteiger partial charge < -0.3 is 25.2 Å². The van der Waals surface area contributed by atoms with Crippen molar-refractivity contribution < 1.29 is 19.4 Å². The average molecular weight is 406 g/mol. The van der Waals surface area contributed by atoms with Crippen molar-refractivity contribution in [3.63, 3.8) is 0 Å². The van der Waals surface area contributed by atoms with Crippen molar-refractivity contribution in [1.29, 1.82) is 0 Å². The number of hydrogen-bond donors (Lipinski definition) is 2. The third-order valence-corrected chi connectivity index (χ3v) is 5.09. The van der Waals surface area contributed by atoms with E-state index in [0.29, 0.717) is 42.3 Å². The molecule has 0 spiro atoms. The van der Waals surface area contributed by atoms with Gasteiger partial charge in [-0.2, -0.15) is 0 Å². The summed E-state index contributed by atoms with van der Waals surface area (Å²) < 4.78 is 10.7. The van der Waals surface area contributed by atoms with Crippen molar-refractivity contribution in [3.05, 3.63) is 65.7 Å². The Balaban J connectivity index is 1.58. The number of esters is 1. The number of anilines is 2. The first-order valence-electron chi connectivity index (χ1n) is 9.53. The summed E-state index contributed by atoms with van der Waals surface area (Å²) in [6, 6.07) is 16.0. The van der Waals surface area contributed by atoms with Gasteiger partial charge in [-0.05, 0) is 35.9 Å². The second kappa shape index (κ2) is 8.38. The predicted octanol–water partition coefficient (Wildman–Crippen LogP) is 2.80. The minimum atomic E-state index is -0.375. The second-order valence-corrected chi connectivity index (χ2v) is 6.94. The highest BCUT2D eigenvalue weighted by Gasteiger charge is 2.25. The van der Waals surface area contributed by atoms with Crippen molar-refractivity contribution in [1.82, 2.24) is 10.2 Å². The molecule has 0 amide bonds. The standard InChI is InChI=1S/C22H22N4O4/c1-29-22(28)15-8-6-14(7-9-15)20-13-26(10-11-30-20)18-12-17(24-25-21(18)23)16-4-2-3-5-19(16)27/h2-9,12,20,27H,10-11,13H2,1H3,(H2,23,25)/t20-/m0/s1. The van der Waals surface area contributed by atoms with E-state index in [1.165, 1.54) is 7.11 Å². The van der Waals surface area contributed by atoms with Gasteiger partial charge in [-0.25, -0.2) is 4.79 Å². The SMILES string of the molecule is COC(=O)c1ccc([C@@H]2CN(c3cc(-c4ccccc4O)nnc3N)CCO2)cc1. The molecule has 1 aromatic heterocycles. The summed E-state index contributed by atoms with van der Waals surface area (Å²) in [5.41, 5.74) is 9.44. The molecule has 2 aromatic carbocycles. The summed E-state index contributed by atoms with van der Waals surface area (Å²) >= 11 is 0. The molecule has 1 saturated heterocycles. The van der Waals surface area contributed by atoms with E-state index in [1.807, 2.05) is 24.3 Å². The molecule has 1 aliphatic rings. The summed E-state index contributed by atoms with van der Waals surface area (Å²) in [6.07, 6.45) is -0.188. The number of aromatic nitrogens is 2. The Hall–Kier alpha value is -3.65. The van der Waals surface area contributed by atoms with Crippen LogP contribution in [-0.2, 0) is 9.47 Å². The minimum Gasteiger partial charge on any atom is -0.507 e. The number of phenolic OH excluding ortho intramolecular Hbond substituents is 1. The maximum absolute atomic E-state index is 11.6. The number of morpholine rings is 1. The highest BCUT2D eigenvalue weighted by atomic mass is 16.5. The molecule has 3 N–H and O–H groups in total. The number of rotatable bonds is 4. The number of para-hydroxylation sites is 1. The summed E-state index contributed by atoms with van der Waals surface area (Å²) in [5.74, 6) is 0.0731. The third-order valence-electron chi connectivity index (χ3n) is 5.09. The number of carbonyl (C=O) groups excluding carboxylic acids is 1. The number of nitrogens with zero attached hydrogens (tertiary/aromatic N) is 3. The Bertz CT molecular complexity index is 1060. The van der Waals surface area contributed by atoms with Crippen molar-refractivity contribution >= 4 is 17.5 Å². The number of ether oxygens (including phenoxy) is 2. The molecule has 30 heavy (non-hydrogen) atoms. The predicted molar refractivity (Wildman–Crippen MR) is 112 cm³/mol. The minimum absolute atomic E-state index is 0.132. The van der Waals surface area contributed by atoms with Crippen LogP contribution in [0, 0.1) is 0 Å². The van der Waals surface area contributed by atoms with Gasteiger partial charge in [0.15, 0.2) is 5.82 Å². The van der Waals surface area contributed by atoms with E-state index in [2.05, 4.69) is 15.1 Å². The molecule has 1 atom stereocenters. The van der Waals surface area contributed by atoms with Gasteiger partial charge in [0.25, 0.3) is 0 Å². The van der Waals surface area contributed by atoms with Gasteiger partial charge >= 0.3 is 5.97 Å². The molecule has 0 radical (unpaired) electrons. The molecule has 154 valence electrons. The number of nitrogen functional groups attached to an aromatic ring is 1. The Morgan fingerprint density at radius 2 is 1.97 bits per heavy atom. The van der Waals surface area contributed by atoms with Crippen LogP contribution >= 0.6 is 0 Å². The number of benzene rings is 2. The van der Waals surface area contributed by atoms with Crippen LogP contribution in [-0.4, -0.2) is 48.1 Å². The van der Waals surface area contributed by atoms with E-state index in [1.54, 1.807) is 30.3 Å². The van der Waals surface area contributed by atoms with Gasteiger partial charge in [0, 0.05) is 18.7 Å². The highest BCUT2D eigenvalue weighted by molar-refractivity contribution is 5.89. The molecule has 0 aliphatic carbocycles. The molecule has 0 saturated carbocycles. The molecule has 8 heteroatoms. The van der Waals surface area contributed by atoms with Gasteiger partial charge in [-0.1, -0.05) is 24.3 Å². The quantitative estimate of drug-likeness (QED) is 0.637. The first-order chi connectivity index (χ1) is 14.6. The molecule has 3 aromatic rings. The van der Waals surface area contributed by atoms with Gasteiger partial charge in [0.1, 0.15) is 11.9 Å². The van der Waals surface area contributed by atoms with Gasteiger partial charge in [-0.15, -0.1) is 10.2 Å². The van der Waals surface area contributed by atoms with Crippen LogP contribution in [0.5, 0.6) is 5.75 Å². The highest BCUT2D eigenvalue weighted by Crippen LogP contribution is 2.33. The van der Waals surface area contributed by atoms with Crippen molar-refractivity contribution in [2.75, 3.05) is 37.4 Å². The lowest BCUT2D eigenvalue weighted by atomic mass is 10.0. The van der Waals surface area contributed by atoms with E-state index < -0.39 is 0 Å². The van der Waals surface area contributed by atoms with E-state index >= 15 is 0 Å². The van der Waals surface area contributed by atoms with Crippen molar-refractivity contribution in [2.24, 2.45) is 0 Å². The fraction of sp³-hybridized carbons (Fsp3) is 0.227. The first kappa shape index (κ1) is 19.7. The van der Waals surface area contributed by atoms with Crippen LogP contribution in [0.25, 0.3) is 11.3 Å². The fourth-order valence-electron chi connectivity index (χ4n) is 3.49. The maximum atomic E-state index is 11.6. The Morgan fingerprint density at radius 3 is 2.70 bits per heavy atom. The summed E-state index contributed by atoms with van der Waals surface area (Å²) in [6.45, 7) is 1.72. The third kappa shape index (κ3) is 3.90. The molecular weight excluding hydrogens is 384 g/mol. The smallest absolute Gasteiger partial charge is 0.337 e. The van der Waals surface area contributed by atoms with Crippen LogP contribution in [0.1, 0.15) is 22.0 Å². The topological polar surface area (TPSA) is 111 Å². The molecule has 4 rings (SSSR count). The lowest BCUT2D eigenvalue weighted by Gasteiger charge is -2.35.